The number of hydroxylamine groups is 2. The fourth-order valence-electron chi connectivity index (χ4n) is 1.86. The molecule has 132 valence electrons. The van der Waals surface area contributed by atoms with Crippen molar-refractivity contribution in [3.63, 3.8) is 0 Å². The minimum absolute atomic E-state index is 0.0544. The highest BCUT2D eigenvalue weighted by atomic mass is 16.5. The van der Waals surface area contributed by atoms with E-state index in [0.29, 0.717) is 22.3 Å². The molecule has 8 heteroatoms. The number of rotatable bonds is 8. The van der Waals surface area contributed by atoms with Gasteiger partial charge in [-0.15, -0.1) is 0 Å². The Morgan fingerprint density at radius 3 is 2.44 bits per heavy atom. The molecule has 0 aliphatic carbocycles. The van der Waals surface area contributed by atoms with Crippen molar-refractivity contribution in [1.29, 1.82) is 0 Å². The SMILES string of the molecule is NC(=O)N(O)CCNC(=O)COc1cccc(Oc2ccccc2)c1. The van der Waals surface area contributed by atoms with E-state index in [1.54, 1.807) is 24.3 Å². The first kappa shape index (κ1) is 18.1. The monoisotopic (exact) mass is 345 g/mol. The average Bonchev–Trinajstić information content (AvgIpc) is 2.61. The van der Waals surface area contributed by atoms with Gasteiger partial charge in [0.15, 0.2) is 6.61 Å². The smallest absolute Gasteiger partial charge is 0.338 e. The second-order valence-electron chi connectivity index (χ2n) is 4.99. The number of hydrogen-bond donors (Lipinski definition) is 3. The van der Waals surface area contributed by atoms with Gasteiger partial charge < -0.3 is 20.5 Å². The number of urea groups is 1. The predicted octanol–water partition coefficient (Wildman–Crippen LogP) is 1.74. The molecule has 4 N–H and O–H groups in total. The number of para-hydroxylation sites is 1. The van der Waals surface area contributed by atoms with Crippen LogP contribution in [0.25, 0.3) is 0 Å². The fraction of sp³-hybridized carbons (Fsp3) is 0.176. The van der Waals surface area contributed by atoms with Gasteiger partial charge in [0.25, 0.3) is 5.91 Å². The maximum atomic E-state index is 11.7. The number of nitrogens with zero attached hydrogens (tertiary/aromatic N) is 1. The summed E-state index contributed by atoms with van der Waals surface area (Å²) in [4.78, 5) is 22.3. The molecule has 2 rings (SSSR count). The molecule has 0 aromatic heterocycles. The van der Waals surface area contributed by atoms with Crippen LogP contribution in [0, 0.1) is 0 Å². The molecule has 2 aromatic rings. The molecule has 0 aliphatic rings. The zero-order valence-electron chi connectivity index (χ0n) is 13.4. The molecule has 0 aliphatic heterocycles. The van der Waals surface area contributed by atoms with Crippen LogP contribution < -0.4 is 20.5 Å². The van der Waals surface area contributed by atoms with Crippen LogP contribution in [0.15, 0.2) is 54.6 Å². The third-order valence-corrected chi connectivity index (χ3v) is 3.05. The van der Waals surface area contributed by atoms with Gasteiger partial charge in [0, 0.05) is 12.6 Å². The van der Waals surface area contributed by atoms with Gasteiger partial charge in [-0.1, -0.05) is 24.3 Å². The van der Waals surface area contributed by atoms with Crippen LogP contribution in [0.2, 0.25) is 0 Å². The molecule has 0 spiro atoms. The maximum Gasteiger partial charge on any atom is 0.338 e. The number of hydrogen-bond acceptors (Lipinski definition) is 5. The van der Waals surface area contributed by atoms with Crippen molar-refractivity contribution in [2.45, 2.75) is 0 Å². The van der Waals surface area contributed by atoms with E-state index >= 15 is 0 Å². The van der Waals surface area contributed by atoms with Gasteiger partial charge in [-0.3, -0.25) is 10.0 Å². The normalized spacial score (nSPS) is 9.96. The second-order valence-corrected chi connectivity index (χ2v) is 4.99. The minimum Gasteiger partial charge on any atom is -0.484 e. The van der Waals surface area contributed by atoms with Crippen LogP contribution in [-0.2, 0) is 4.79 Å². The number of nitrogens with two attached hydrogens (primary N) is 1. The van der Waals surface area contributed by atoms with Gasteiger partial charge in [-0.25, -0.2) is 9.86 Å². The standard InChI is InChI=1S/C17H19N3O5/c18-17(22)20(23)10-9-19-16(21)12-24-14-7-4-8-15(11-14)25-13-5-2-1-3-6-13/h1-8,11,23H,9-10,12H2,(H2,18,22)(H,19,21). The molecule has 0 heterocycles. The van der Waals surface area contributed by atoms with E-state index in [2.05, 4.69) is 5.32 Å². The van der Waals surface area contributed by atoms with Crippen molar-refractivity contribution >= 4 is 11.9 Å². The number of primary amides is 1. The Kier molecular flexibility index (Phi) is 6.61. The first-order valence-electron chi connectivity index (χ1n) is 7.53. The molecular weight excluding hydrogens is 326 g/mol. The van der Waals surface area contributed by atoms with Crippen LogP contribution in [0.5, 0.6) is 17.2 Å². The molecule has 0 saturated carbocycles. The Morgan fingerprint density at radius 1 is 1.04 bits per heavy atom. The summed E-state index contributed by atoms with van der Waals surface area (Å²) in [5.74, 6) is 1.36. The highest BCUT2D eigenvalue weighted by molar-refractivity contribution is 5.77. The van der Waals surface area contributed by atoms with Crippen molar-refractivity contribution in [2.24, 2.45) is 5.73 Å². The van der Waals surface area contributed by atoms with E-state index in [4.69, 9.17) is 20.4 Å². The highest BCUT2D eigenvalue weighted by Gasteiger charge is 2.07. The first-order valence-corrected chi connectivity index (χ1v) is 7.53. The van der Waals surface area contributed by atoms with Gasteiger partial charge >= 0.3 is 6.03 Å². The van der Waals surface area contributed by atoms with Crippen molar-refractivity contribution < 1.29 is 24.3 Å². The summed E-state index contributed by atoms with van der Waals surface area (Å²) < 4.78 is 11.1. The van der Waals surface area contributed by atoms with Gasteiger partial charge in [0.2, 0.25) is 0 Å². The topological polar surface area (TPSA) is 114 Å². The zero-order valence-corrected chi connectivity index (χ0v) is 13.4. The van der Waals surface area contributed by atoms with Crippen LogP contribution in [0.4, 0.5) is 4.79 Å². The van der Waals surface area contributed by atoms with E-state index in [1.807, 2.05) is 30.3 Å². The zero-order chi connectivity index (χ0) is 18.1. The molecule has 0 saturated heterocycles. The Bertz CT molecular complexity index is 708. The lowest BCUT2D eigenvalue weighted by Crippen LogP contribution is -2.40. The average molecular weight is 345 g/mol. The van der Waals surface area contributed by atoms with Gasteiger partial charge in [0.05, 0.1) is 6.54 Å². The number of carbonyl (C=O) groups is 2. The molecule has 0 fully saturated rings. The Labute approximate surface area is 144 Å². The Balaban J connectivity index is 1.78. The molecule has 0 bridgehead atoms. The number of nitrogens with one attached hydrogen (secondary N) is 1. The molecule has 3 amide bonds. The maximum absolute atomic E-state index is 11.7. The quantitative estimate of drug-likeness (QED) is 0.498. The largest absolute Gasteiger partial charge is 0.484 e. The Morgan fingerprint density at radius 2 is 1.72 bits per heavy atom. The highest BCUT2D eigenvalue weighted by Crippen LogP contribution is 2.24. The van der Waals surface area contributed by atoms with E-state index < -0.39 is 11.9 Å². The molecular formula is C17H19N3O5. The van der Waals surface area contributed by atoms with Crippen molar-refractivity contribution in [3.05, 3.63) is 54.6 Å². The number of carbonyl (C=O) groups excluding carboxylic acids is 2. The summed E-state index contributed by atoms with van der Waals surface area (Å²) in [6.45, 7) is -0.267. The van der Waals surface area contributed by atoms with Crippen molar-refractivity contribution in [3.8, 4) is 17.2 Å². The van der Waals surface area contributed by atoms with Crippen molar-refractivity contribution in [1.82, 2.24) is 10.4 Å². The molecule has 25 heavy (non-hydrogen) atoms. The summed E-state index contributed by atoms with van der Waals surface area (Å²) in [7, 11) is 0. The molecule has 0 atom stereocenters. The van der Waals surface area contributed by atoms with Crippen molar-refractivity contribution in [2.75, 3.05) is 19.7 Å². The summed E-state index contributed by atoms with van der Waals surface area (Å²) in [6.07, 6.45) is 0. The van der Waals surface area contributed by atoms with Crippen LogP contribution >= 0.6 is 0 Å². The van der Waals surface area contributed by atoms with Gasteiger partial charge in [-0.2, -0.15) is 0 Å². The fourth-order valence-corrected chi connectivity index (χ4v) is 1.86. The lowest BCUT2D eigenvalue weighted by molar-refractivity contribution is -0.123. The number of benzene rings is 2. The van der Waals surface area contributed by atoms with Gasteiger partial charge in [-0.05, 0) is 24.3 Å². The van der Waals surface area contributed by atoms with Gasteiger partial charge in [0.1, 0.15) is 17.2 Å². The summed E-state index contributed by atoms with van der Waals surface area (Å²) >= 11 is 0. The second kappa shape index (κ2) is 9.14. The van der Waals surface area contributed by atoms with Crippen LogP contribution in [-0.4, -0.2) is 41.9 Å². The van der Waals surface area contributed by atoms with E-state index in [9.17, 15) is 9.59 Å². The number of ether oxygens (including phenoxy) is 2. The molecule has 0 radical (unpaired) electrons. The lowest BCUT2D eigenvalue weighted by atomic mass is 10.3. The number of amides is 3. The summed E-state index contributed by atoms with van der Waals surface area (Å²) in [5.41, 5.74) is 4.84. The van der Waals surface area contributed by atoms with E-state index in [1.165, 1.54) is 0 Å². The molecule has 0 unspecified atom stereocenters. The summed E-state index contributed by atoms with van der Waals surface area (Å²) in [6, 6.07) is 15.2. The predicted molar refractivity (Wildman–Crippen MR) is 89.5 cm³/mol. The summed E-state index contributed by atoms with van der Waals surface area (Å²) in [5, 5.41) is 11.9. The van der Waals surface area contributed by atoms with E-state index in [-0.39, 0.29) is 19.7 Å². The third-order valence-electron chi connectivity index (χ3n) is 3.05. The molecule has 8 nitrogen and oxygen atoms in total. The van der Waals surface area contributed by atoms with Crippen LogP contribution in [0.1, 0.15) is 0 Å². The third kappa shape index (κ3) is 6.40. The first-order chi connectivity index (χ1) is 12.0. The lowest BCUT2D eigenvalue weighted by Gasteiger charge is -2.12. The van der Waals surface area contributed by atoms with Crippen LogP contribution in [0.3, 0.4) is 0 Å². The Hall–Kier alpha value is -3.26. The molecule has 2 aromatic carbocycles. The minimum atomic E-state index is -0.985. The van der Waals surface area contributed by atoms with E-state index in [0.717, 1.165) is 0 Å².